The average molecular weight is 695 g/mol. The van der Waals surface area contributed by atoms with Gasteiger partial charge < -0.3 is 14.2 Å². The van der Waals surface area contributed by atoms with Crippen molar-refractivity contribution in [3.8, 4) is 44.9 Å². The van der Waals surface area contributed by atoms with Gasteiger partial charge in [-0.3, -0.25) is 0 Å². The van der Waals surface area contributed by atoms with Gasteiger partial charge in [0.05, 0.1) is 0 Å². The molecular formula is C46H62O3S. The number of hydrogen-bond acceptors (Lipinski definition) is 4. The molecule has 0 N–H and O–H groups in total. The van der Waals surface area contributed by atoms with E-state index in [0.29, 0.717) is 5.92 Å². The molecule has 3 nitrogen and oxygen atoms in total. The summed E-state index contributed by atoms with van der Waals surface area (Å²) in [7, 11) is 1.70. The topological polar surface area (TPSA) is 27.7 Å². The van der Waals surface area contributed by atoms with Crippen LogP contribution in [-0.2, 0) is 11.2 Å². The standard InChI is InChI=1S/C46H62O3S/c1-14-36(44(3,4)5)28-31-16-18-33(19-17-31)39-29-35(32-20-24-38(25-21-32)49-43(47-12)46(9,10)11)30-40(42(39)50-13)34-22-26-37(27-23-34)48-41(15-2)45(6,7)8/h16-27,29-30,36,41,43H,14-15,28H2,1-13H3. The molecule has 4 aromatic carbocycles. The van der Waals surface area contributed by atoms with Crippen molar-refractivity contribution in [1.82, 2.24) is 0 Å². The molecule has 0 aliphatic carbocycles. The molecule has 4 aromatic rings. The van der Waals surface area contributed by atoms with Crippen LogP contribution in [0.5, 0.6) is 11.5 Å². The van der Waals surface area contributed by atoms with Crippen LogP contribution in [0.4, 0.5) is 0 Å². The van der Waals surface area contributed by atoms with Gasteiger partial charge in [-0.15, -0.1) is 11.8 Å². The quantitative estimate of drug-likeness (QED) is 0.103. The maximum atomic E-state index is 6.47. The van der Waals surface area contributed by atoms with Gasteiger partial charge in [0.1, 0.15) is 17.6 Å². The zero-order valence-corrected chi connectivity index (χ0v) is 33.9. The van der Waals surface area contributed by atoms with Crippen LogP contribution < -0.4 is 9.47 Å². The first-order valence-electron chi connectivity index (χ1n) is 18.4. The molecule has 0 saturated heterocycles. The maximum absolute atomic E-state index is 6.47. The van der Waals surface area contributed by atoms with E-state index < -0.39 is 0 Å². The van der Waals surface area contributed by atoms with E-state index in [1.807, 2.05) is 11.8 Å². The Hall–Kier alpha value is -3.21. The van der Waals surface area contributed by atoms with Crippen molar-refractivity contribution in [2.45, 2.75) is 113 Å². The number of methoxy groups -OCH3 is 1. The fraction of sp³-hybridized carbons (Fsp3) is 0.478. The largest absolute Gasteiger partial charge is 0.490 e. The summed E-state index contributed by atoms with van der Waals surface area (Å²) in [6, 6.07) is 31.1. The van der Waals surface area contributed by atoms with E-state index in [1.54, 1.807) is 7.11 Å². The third-order valence-corrected chi connectivity index (χ3v) is 10.7. The molecule has 0 aliphatic heterocycles. The highest BCUT2D eigenvalue weighted by molar-refractivity contribution is 7.98. The summed E-state index contributed by atoms with van der Waals surface area (Å²) in [4.78, 5) is 1.27. The predicted molar refractivity (Wildman–Crippen MR) is 217 cm³/mol. The Kier molecular flexibility index (Phi) is 13.0. The number of thioether (sulfide) groups is 1. The Labute approximate surface area is 308 Å². The first kappa shape index (κ1) is 39.6. The average Bonchev–Trinajstić information content (AvgIpc) is 3.07. The van der Waals surface area contributed by atoms with E-state index >= 15 is 0 Å². The number of rotatable bonds is 13. The zero-order valence-electron chi connectivity index (χ0n) is 33.1. The minimum atomic E-state index is -0.339. The lowest BCUT2D eigenvalue weighted by atomic mass is 9.76. The Bertz CT molecular complexity index is 1560. The van der Waals surface area contributed by atoms with Crippen molar-refractivity contribution in [3.63, 3.8) is 0 Å². The molecule has 0 spiro atoms. The van der Waals surface area contributed by atoms with Crippen molar-refractivity contribution in [1.29, 1.82) is 0 Å². The molecule has 0 aromatic heterocycles. The monoisotopic (exact) mass is 694 g/mol. The van der Waals surface area contributed by atoms with Crippen LogP contribution in [-0.4, -0.2) is 25.8 Å². The van der Waals surface area contributed by atoms with Gasteiger partial charge in [-0.05, 0) is 111 Å². The lowest BCUT2D eigenvalue weighted by Gasteiger charge is -2.30. The lowest BCUT2D eigenvalue weighted by Crippen LogP contribution is -2.33. The van der Waals surface area contributed by atoms with Crippen LogP contribution in [0.2, 0.25) is 0 Å². The molecule has 4 heteroatoms. The first-order chi connectivity index (χ1) is 23.5. The SMILES string of the molecule is CCC(Cc1ccc(-c2cc(-c3ccc(OC(OC)C(C)(C)C)cc3)cc(-c3ccc(OC(CC)C(C)(C)C)cc3)c2SC)cc1)C(C)(C)C. The highest BCUT2D eigenvalue weighted by Gasteiger charge is 2.27. The Morgan fingerprint density at radius 3 is 1.44 bits per heavy atom. The summed E-state index contributed by atoms with van der Waals surface area (Å²) in [5, 5.41) is 0. The van der Waals surface area contributed by atoms with Gasteiger partial charge in [-0.2, -0.15) is 0 Å². The third kappa shape index (κ3) is 9.98. The lowest BCUT2D eigenvalue weighted by molar-refractivity contribution is -0.120. The second-order valence-corrected chi connectivity index (χ2v) is 17.8. The van der Waals surface area contributed by atoms with Gasteiger partial charge >= 0.3 is 0 Å². The van der Waals surface area contributed by atoms with E-state index in [4.69, 9.17) is 14.2 Å². The maximum Gasteiger partial charge on any atom is 0.204 e. The fourth-order valence-electron chi connectivity index (χ4n) is 6.79. The number of ether oxygens (including phenoxy) is 3. The van der Waals surface area contributed by atoms with Crippen LogP contribution >= 0.6 is 11.8 Å². The molecule has 270 valence electrons. The summed E-state index contributed by atoms with van der Waals surface area (Å²) < 4.78 is 18.4. The molecule has 0 fully saturated rings. The minimum Gasteiger partial charge on any atom is -0.490 e. The molecule has 0 amide bonds. The fourth-order valence-corrected chi connectivity index (χ4v) is 7.58. The molecule has 50 heavy (non-hydrogen) atoms. The van der Waals surface area contributed by atoms with Gasteiger partial charge in [0.25, 0.3) is 0 Å². The Balaban J connectivity index is 1.79. The van der Waals surface area contributed by atoms with Crippen LogP contribution in [0.15, 0.2) is 89.8 Å². The summed E-state index contributed by atoms with van der Waals surface area (Å²) in [5.41, 5.74) is 8.78. The molecule has 0 bridgehead atoms. The van der Waals surface area contributed by atoms with Crippen LogP contribution in [0, 0.1) is 22.2 Å². The van der Waals surface area contributed by atoms with Crippen molar-refractivity contribution < 1.29 is 14.2 Å². The highest BCUT2D eigenvalue weighted by atomic mass is 32.2. The summed E-state index contributed by atoms with van der Waals surface area (Å²) >= 11 is 1.81. The van der Waals surface area contributed by atoms with Gasteiger partial charge in [0, 0.05) is 17.4 Å². The van der Waals surface area contributed by atoms with E-state index in [-0.39, 0.29) is 28.6 Å². The normalized spacial score (nSPS) is 14.3. The van der Waals surface area contributed by atoms with E-state index in [9.17, 15) is 0 Å². The van der Waals surface area contributed by atoms with E-state index in [0.717, 1.165) is 29.9 Å². The second kappa shape index (κ2) is 16.4. The van der Waals surface area contributed by atoms with Gasteiger partial charge in [0.2, 0.25) is 6.29 Å². The second-order valence-electron chi connectivity index (χ2n) is 17.0. The van der Waals surface area contributed by atoms with Gasteiger partial charge in [-0.25, -0.2) is 0 Å². The summed E-state index contributed by atoms with van der Waals surface area (Å²) in [6.45, 7) is 24.7. The minimum absolute atomic E-state index is 0.0697. The molecule has 0 saturated carbocycles. The van der Waals surface area contributed by atoms with E-state index in [1.165, 1.54) is 44.7 Å². The van der Waals surface area contributed by atoms with Crippen molar-refractivity contribution in [2.24, 2.45) is 22.2 Å². The molecule has 0 radical (unpaired) electrons. The molecule has 3 atom stereocenters. The molecule has 3 unspecified atom stereocenters. The van der Waals surface area contributed by atoms with Crippen molar-refractivity contribution >= 4 is 11.8 Å². The molecule has 0 aliphatic rings. The van der Waals surface area contributed by atoms with Crippen LogP contribution in [0.25, 0.3) is 33.4 Å². The molecule has 0 heterocycles. The predicted octanol–water partition coefficient (Wildman–Crippen LogP) is 13.6. The Morgan fingerprint density at radius 2 is 1.04 bits per heavy atom. The van der Waals surface area contributed by atoms with Gasteiger partial charge in [-0.1, -0.05) is 131 Å². The smallest absolute Gasteiger partial charge is 0.204 e. The van der Waals surface area contributed by atoms with Gasteiger partial charge in [0.15, 0.2) is 0 Å². The van der Waals surface area contributed by atoms with Crippen molar-refractivity contribution in [3.05, 3.63) is 90.5 Å². The Morgan fingerprint density at radius 1 is 0.560 bits per heavy atom. The summed E-state index contributed by atoms with van der Waals surface area (Å²) in [6.07, 6.45) is 5.24. The van der Waals surface area contributed by atoms with Crippen LogP contribution in [0.3, 0.4) is 0 Å². The number of hydrogen-bond donors (Lipinski definition) is 0. The van der Waals surface area contributed by atoms with E-state index in [2.05, 4.69) is 167 Å². The number of benzene rings is 4. The third-order valence-electron chi connectivity index (χ3n) is 9.89. The molecule has 4 rings (SSSR count). The van der Waals surface area contributed by atoms with Crippen LogP contribution in [0.1, 0.15) is 94.6 Å². The van der Waals surface area contributed by atoms with Crippen molar-refractivity contribution in [2.75, 3.05) is 13.4 Å². The first-order valence-corrected chi connectivity index (χ1v) is 19.6. The molecular weight excluding hydrogens is 633 g/mol. The highest BCUT2D eigenvalue weighted by Crippen LogP contribution is 2.43. The zero-order chi connectivity index (χ0) is 36.9. The summed E-state index contributed by atoms with van der Waals surface area (Å²) in [5.74, 6) is 2.35.